The molecular weight excluding hydrogens is 254 g/mol. The van der Waals surface area contributed by atoms with Gasteiger partial charge in [0.25, 0.3) is 0 Å². The number of hydrogen-bond acceptors (Lipinski definition) is 3. The molecule has 4 heteroatoms. The summed E-state index contributed by atoms with van der Waals surface area (Å²) in [5.74, 6) is 5.11. The summed E-state index contributed by atoms with van der Waals surface area (Å²) in [6.45, 7) is 3.66. The number of anilines is 1. The molecule has 1 aromatic rings. The van der Waals surface area contributed by atoms with E-state index in [1.165, 1.54) is 4.90 Å². The molecule has 104 valence electrons. The van der Waals surface area contributed by atoms with Crippen molar-refractivity contribution in [2.45, 2.75) is 26.7 Å². The fraction of sp³-hybridized carbons (Fsp3) is 0.375. The lowest BCUT2D eigenvalue weighted by molar-refractivity contribution is -0.122. The Morgan fingerprint density at radius 1 is 1.40 bits per heavy atom. The van der Waals surface area contributed by atoms with E-state index < -0.39 is 0 Å². The Morgan fingerprint density at radius 3 is 2.75 bits per heavy atom. The topological polar surface area (TPSA) is 57.6 Å². The van der Waals surface area contributed by atoms with Crippen LogP contribution in [0, 0.1) is 24.7 Å². The largest absolute Gasteiger partial charge is 0.395 e. The Balaban J connectivity index is 2.45. The highest BCUT2D eigenvalue weighted by molar-refractivity contribution is 6.21. The number of hydrogen-bond donors (Lipinski definition) is 1. The lowest BCUT2D eigenvalue weighted by Gasteiger charge is -2.17. The third kappa shape index (κ3) is 2.73. The van der Waals surface area contributed by atoms with Gasteiger partial charge in [0.2, 0.25) is 11.8 Å². The van der Waals surface area contributed by atoms with Crippen molar-refractivity contribution in [3.8, 4) is 11.8 Å². The summed E-state index contributed by atoms with van der Waals surface area (Å²) in [5.41, 5.74) is 2.16. The van der Waals surface area contributed by atoms with E-state index in [-0.39, 0.29) is 30.8 Å². The number of rotatable bonds is 2. The van der Waals surface area contributed by atoms with Gasteiger partial charge in [0.1, 0.15) is 0 Å². The first kappa shape index (κ1) is 14.3. The van der Waals surface area contributed by atoms with E-state index in [1.54, 1.807) is 19.1 Å². The number of nitrogens with zero attached hydrogens (tertiary/aromatic N) is 1. The quantitative estimate of drug-likeness (QED) is 0.657. The van der Waals surface area contributed by atoms with Gasteiger partial charge in [0, 0.05) is 24.3 Å². The van der Waals surface area contributed by atoms with Gasteiger partial charge >= 0.3 is 0 Å². The molecule has 0 spiro atoms. The van der Waals surface area contributed by atoms with Crippen LogP contribution in [0.5, 0.6) is 0 Å². The zero-order chi connectivity index (χ0) is 14.7. The molecule has 1 unspecified atom stereocenters. The molecule has 2 amide bonds. The highest BCUT2D eigenvalue weighted by atomic mass is 16.2. The van der Waals surface area contributed by atoms with Crippen LogP contribution in [0.1, 0.15) is 30.9 Å². The molecule has 4 nitrogen and oxygen atoms in total. The van der Waals surface area contributed by atoms with Gasteiger partial charge in [0.05, 0.1) is 12.3 Å². The average molecular weight is 271 g/mol. The number of carbonyl (C=O) groups is 2. The van der Waals surface area contributed by atoms with Crippen molar-refractivity contribution in [3.63, 3.8) is 0 Å². The number of imide groups is 1. The third-order valence-electron chi connectivity index (χ3n) is 3.23. The first-order valence-electron chi connectivity index (χ1n) is 6.61. The van der Waals surface area contributed by atoms with Crippen LogP contribution in [0.15, 0.2) is 18.2 Å². The molecular formula is C16H17NO3. The number of carbonyl (C=O) groups excluding carboxylic acids is 2. The molecule has 1 fully saturated rings. The maximum absolute atomic E-state index is 12.1. The van der Waals surface area contributed by atoms with E-state index >= 15 is 0 Å². The van der Waals surface area contributed by atoms with Crippen molar-refractivity contribution in [2.24, 2.45) is 5.92 Å². The second-order valence-corrected chi connectivity index (χ2v) is 4.97. The van der Waals surface area contributed by atoms with Gasteiger partial charge in [-0.1, -0.05) is 24.8 Å². The van der Waals surface area contributed by atoms with Gasteiger partial charge in [-0.3, -0.25) is 9.59 Å². The van der Waals surface area contributed by atoms with Crippen LogP contribution in [0.4, 0.5) is 5.69 Å². The molecule has 0 bridgehead atoms. The van der Waals surface area contributed by atoms with Gasteiger partial charge in [0.15, 0.2) is 0 Å². The van der Waals surface area contributed by atoms with Crippen molar-refractivity contribution in [2.75, 3.05) is 11.5 Å². The Labute approximate surface area is 118 Å². The van der Waals surface area contributed by atoms with E-state index in [9.17, 15) is 9.59 Å². The van der Waals surface area contributed by atoms with Crippen molar-refractivity contribution in [1.82, 2.24) is 0 Å². The summed E-state index contributed by atoms with van der Waals surface area (Å²) < 4.78 is 0. The molecule has 1 heterocycles. The number of aryl methyl sites for hydroxylation is 1. The maximum Gasteiger partial charge on any atom is 0.237 e. The molecule has 0 saturated carbocycles. The van der Waals surface area contributed by atoms with Gasteiger partial charge in [-0.25, -0.2) is 4.90 Å². The summed E-state index contributed by atoms with van der Waals surface area (Å²) in [5, 5.41) is 8.77. The highest BCUT2D eigenvalue weighted by Crippen LogP contribution is 2.29. The Hall–Kier alpha value is -2.12. The normalized spacial score (nSPS) is 18.1. The fourth-order valence-electron chi connectivity index (χ4n) is 2.18. The van der Waals surface area contributed by atoms with Crippen molar-refractivity contribution < 1.29 is 14.7 Å². The minimum atomic E-state index is -0.277. The summed E-state index contributed by atoms with van der Waals surface area (Å²) in [4.78, 5) is 25.4. The number of amides is 2. The number of benzene rings is 1. The Morgan fingerprint density at radius 2 is 2.15 bits per heavy atom. The predicted molar refractivity (Wildman–Crippen MR) is 76.0 cm³/mol. The lowest BCUT2D eigenvalue weighted by Crippen LogP contribution is -2.30. The minimum Gasteiger partial charge on any atom is -0.395 e. The summed E-state index contributed by atoms with van der Waals surface area (Å²) in [6.07, 6.45) is 0.613. The number of aliphatic hydroxyl groups is 1. The van der Waals surface area contributed by atoms with Crippen LogP contribution >= 0.6 is 0 Å². The minimum absolute atomic E-state index is 0.00714. The molecule has 0 aromatic heterocycles. The molecule has 1 saturated heterocycles. The zero-order valence-corrected chi connectivity index (χ0v) is 11.6. The van der Waals surface area contributed by atoms with Gasteiger partial charge in [-0.15, -0.1) is 0 Å². The van der Waals surface area contributed by atoms with E-state index in [4.69, 9.17) is 5.11 Å². The summed E-state index contributed by atoms with van der Waals surface area (Å²) in [6, 6.07) is 5.50. The Bertz CT molecular complexity index is 610. The molecule has 2 rings (SSSR count). The van der Waals surface area contributed by atoms with Gasteiger partial charge in [-0.05, 0) is 24.6 Å². The first-order valence-corrected chi connectivity index (χ1v) is 6.61. The molecule has 1 atom stereocenters. The van der Waals surface area contributed by atoms with Crippen LogP contribution < -0.4 is 4.90 Å². The third-order valence-corrected chi connectivity index (χ3v) is 3.23. The van der Waals surface area contributed by atoms with E-state index in [0.29, 0.717) is 17.7 Å². The van der Waals surface area contributed by atoms with Crippen LogP contribution in [-0.2, 0) is 9.59 Å². The van der Waals surface area contributed by atoms with Gasteiger partial charge < -0.3 is 5.11 Å². The van der Waals surface area contributed by atoms with E-state index in [2.05, 4.69) is 11.8 Å². The molecule has 1 N–H and O–H groups in total. The smallest absolute Gasteiger partial charge is 0.237 e. The van der Waals surface area contributed by atoms with E-state index in [0.717, 1.165) is 5.56 Å². The molecule has 1 aromatic carbocycles. The predicted octanol–water partition coefficient (Wildman–Crippen LogP) is 1.63. The zero-order valence-electron chi connectivity index (χ0n) is 11.6. The van der Waals surface area contributed by atoms with Crippen LogP contribution in [0.25, 0.3) is 0 Å². The molecule has 20 heavy (non-hydrogen) atoms. The van der Waals surface area contributed by atoms with Crippen molar-refractivity contribution in [1.29, 1.82) is 0 Å². The monoisotopic (exact) mass is 271 g/mol. The molecule has 0 radical (unpaired) electrons. The highest BCUT2D eigenvalue weighted by Gasteiger charge is 2.37. The molecule has 0 aliphatic carbocycles. The lowest BCUT2D eigenvalue weighted by atomic mass is 10.1. The second-order valence-electron chi connectivity index (χ2n) is 4.97. The standard InChI is InChI=1S/C16H17NO3/c1-11-6-7-13(5-3-4-8-18)14(9-11)17-15(19)10-12(2)16(17)20/h6-7,9,12,18H,4,8,10H2,1-2H3. The first-order chi connectivity index (χ1) is 9.54. The molecule has 1 aliphatic heterocycles. The van der Waals surface area contributed by atoms with E-state index in [1.807, 2.05) is 13.0 Å². The van der Waals surface area contributed by atoms with Crippen molar-refractivity contribution in [3.05, 3.63) is 29.3 Å². The average Bonchev–Trinajstić information content (AvgIpc) is 2.65. The summed E-state index contributed by atoms with van der Waals surface area (Å²) >= 11 is 0. The molecule has 1 aliphatic rings. The fourth-order valence-corrected chi connectivity index (χ4v) is 2.18. The van der Waals surface area contributed by atoms with Crippen LogP contribution in [0.3, 0.4) is 0 Å². The van der Waals surface area contributed by atoms with Crippen molar-refractivity contribution >= 4 is 17.5 Å². The maximum atomic E-state index is 12.1. The van der Waals surface area contributed by atoms with Crippen LogP contribution in [0.2, 0.25) is 0 Å². The second kappa shape index (κ2) is 5.89. The SMILES string of the molecule is Cc1ccc(C#CCCO)c(N2C(=O)CC(C)C2=O)c1. The van der Waals surface area contributed by atoms with Gasteiger partial charge in [-0.2, -0.15) is 0 Å². The Kier molecular flexibility index (Phi) is 4.21. The summed E-state index contributed by atoms with van der Waals surface area (Å²) in [7, 11) is 0. The van der Waals surface area contributed by atoms with Crippen LogP contribution in [-0.4, -0.2) is 23.5 Å². The number of aliphatic hydroxyl groups excluding tert-OH is 1.